The minimum atomic E-state index is -0.768. The zero-order valence-corrected chi connectivity index (χ0v) is 26.3. The fraction of sp³-hybridized carbons (Fsp3) is 0.222. The van der Waals surface area contributed by atoms with Gasteiger partial charge in [-0.05, 0) is 73.5 Å². The molecule has 1 saturated heterocycles. The van der Waals surface area contributed by atoms with Crippen LogP contribution in [-0.4, -0.2) is 64.9 Å². The van der Waals surface area contributed by atoms with Crippen molar-refractivity contribution in [3.63, 3.8) is 0 Å². The van der Waals surface area contributed by atoms with Crippen molar-refractivity contribution >= 4 is 34.5 Å². The number of carbonyl (C=O) groups is 2. The molecule has 1 aromatic heterocycles. The number of carbonyl (C=O) groups excluding carboxylic acids is 2. The summed E-state index contributed by atoms with van der Waals surface area (Å²) in [5.41, 5.74) is 20.2. The quantitative estimate of drug-likeness (QED) is 0.107. The van der Waals surface area contributed by atoms with Crippen molar-refractivity contribution in [3.8, 4) is 22.9 Å². The molecule has 6 N–H and O–H groups in total. The molecule has 1 aliphatic heterocycles. The first-order chi connectivity index (χ1) is 23.3. The van der Waals surface area contributed by atoms with E-state index in [-0.39, 0.29) is 17.7 Å². The number of guanidine groups is 1. The number of anilines is 1. The highest BCUT2D eigenvalue weighted by molar-refractivity contribution is 5.98. The Balaban J connectivity index is 1.32. The van der Waals surface area contributed by atoms with E-state index >= 15 is 0 Å². The normalized spacial score (nSPS) is 13.7. The number of nitrogens with zero attached hydrogens (tertiary/aromatic N) is 5. The molecule has 6 rings (SSSR count). The number of aromatic nitrogens is 2. The van der Waals surface area contributed by atoms with Gasteiger partial charge in [0.2, 0.25) is 5.91 Å². The Bertz CT molecular complexity index is 1950. The number of fused-ring (bicyclic) bond motifs is 1. The van der Waals surface area contributed by atoms with E-state index in [1.54, 1.807) is 29.2 Å². The average Bonchev–Trinajstić information content (AvgIpc) is 3.47. The lowest BCUT2D eigenvalue weighted by molar-refractivity contribution is -0.121. The van der Waals surface area contributed by atoms with Crippen LogP contribution in [0.1, 0.15) is 29.2 Å². The van der Waals surface area contributed by atoms with Crippen LogP contribution in [0.5, 0.6) is 11.5 Å². The summed E-state index contributed by atoms with van der Waals surface area (Å²) in [6, 6.07) is 27.9. The van der Waals surface area contributed by atoms with E-state index in [1.165, 1.54) is 12.1 Å². The minimum absolute atomic E-state index is 0.0257. The third kappa shape index (κ3) is 7.22. The second-order valence-corrected chi connectivity index (χ2v) is 11.6. The van der Waals surface area contributed by atoms with E-state index in [4.69, 9.17) is 26.9 Å². The number of hydrogen-bond acceptors (Lipinski definition) is 6. The predicted molar refractivity (Wildman–Crippen MR) is 184 cm³/mol. The molecule has 0 spiro atoms. The first-order valence-corrected chi connectivity index (χ1v) is 15.8. The van der Waals surface area contributed by atoms with Gasteiger partial charge in [-0.1, -0.05) is 36.4 Å². The van der Waals surface area contributed by atoms with Crippen molar-refractivity contribution in [1.29, 1.82) is 0 Å². The standard InChI is InChI=1S/C36H37FN8O3/c37-26-8-5-9-27(23-26)43-17-19-44(20-18-43)35(47)25-14-15-31-30(22-25)42-34(45(31)32(33(38)46)13-6-16-41-36(39)40)24-7-4-12-29(21-24)48-28-10-2-1-3-11-28/h1-5,7-12,14-15,21-23,32H,6,13,16-20H2,(H2,38,46)(H4,39,40,41). The van der Waals surface area contributed by atoms with Crippen LogP contribution in [0.25, 0.3) is 22.4 Å². The van der Waals surface area contributed by atoms with Crippen molar-refractivity contribution in [2.75, 3.05) is 37.6 Å². The van der Waals surface area contributed by atoms with Gasteiger partial charge < -0.3 is 36.3 Å². The van der Waals surface area contributed by atoms with Gasteiger partial charge in [-0.2, -0.15) is 0 Å². The number of rotatable bonds is 11. The summed E-state index contributed by atoms with van der Waals surface area (Å²) < 4.78 is 21.7. The maximum atomic E-state index is 13.8. The summed E-state index contributed by atoms with van der Waals surface area (Å²) in [4.78, 5) is 39.5. The smallest absolute Gasteiger partial charge is 0.254 e. The van der Waals surface area contributed by atoms with Gasteiger partial charge >= 0.3 is 0 Å². The number of imidazole rings is 1. The van der Waals surface area contributed by atoms with E-state index in [1.807, 2.05) is 65.2 Å². The van der Waals surface area contributed by atoms with Crippen LogP contribution in [0.15, 0.2) is 102 Å². The molecule has 1 unspecified atom stereocenters. The van der Waals surface area contributed by atoms with E-state index in [2.05, 4.69) is 9.89 Å². The van der Waals surface area contributed by atoms with Gasteiger partial charge in [0.05, 0.1) is 11.0 Å². The molecule has 0 bridgehead atoms. The largest absolute Gasteiger partial charge is 0.457 e. The maximum Gasteiger partial charge on any atom is 0.254 e. The van der Waals surface area contributed by atoms with Gasteiger partial charge in [0.15, 0.2) is 5.96 Å². The lowest BCUT2D eigenvalue weighted by atomic mass is 10.1. The van der Waals surface area contributed by atoms with Gasteiger partial charge in [-0.3, -0.25) is 14.6 Å². The van der Waals surface area contributed by atoms with Crippen molar-refractivity contribution < 1.29 is 18.7 Å². The summed E-state index contributed by atoms with van der Waals surface area (Å²) in [7, 11) is 0. The van der Waals surface area contributed by atoms with Crippen molar-refractivity contribution in [2.45, 2.75) is 18.9 Å². The minimum Gasteiger partial charge on any atom is -0.457 e. The number of ether oxygens (including phenoxy) is 1. The molecule has 12 heteroatoms. The molecule has 2 amide bonds. The second-order valence-electron chi connectivity index (χ2n) is 11.6. The van der Waals surface area contributed by atoms with Crippen molar-refractivity contribution in [1.82, 2.24) is 14.5 Å². The zero-order chi connectivity index (χ0) is 33.6. The fourth-order valence-corrected chi connectivity index (χ4v) is 5.99. The number of halogens is 1. The van der Waals surface area contributed by atoms with Gasteiger partial charge in [-0.25, -0.2) is 9.37 Å². The maximum absolute atomic E-state index is 13.8. The van der Waals surface area contributed by atoms with Crippen LogP contribution in [0, 0.1) is 5.82 Å². The molecule has 11 nitrogen and oxygen atoms in total. The lowest BCUT2D eigenvalue weighted by Gasteiger charge is -2.36. The predicted octanol–water partition coefficient (Wildman–Crippen LogP) is 4.68. The first-order valence-electron chi connectivity index (χ1n) is 15.8. The third-order valence-electron chi connectivity index (χ3n) is 8.32. The van der Waals surface area contributed by atoms with E-state index in [0.29, 0.717) is 85.0 Å². The molecule has 246 valence electrons. The van der Waals surface area contributed by atoms with Crippen LogP contribution in [-0.2, 0) is 4.79 Å². The number of benzene rings is 4. The van der Waals surface area contributed by atoms with E-state index < -0.39 is 11.9 Å². The molecule has 1 aliphatic rings. The van der Waals surface area contributed by atoms with Gasteiger partial charge in [-0.15, -0.1) is 0 Å². The van der Waals surface area contributed by atoms with Crippen LogP contribution in [0.2, 0.25) is 0 Å². The Kier molecular flexibility index (Phi) is 9.51. The Hall–Kier alpha value is -5.91. The molecule has 0 radical (unpaired) electrons. The number of piperazine rings is 1. The van der Waals surface area contributed by atoms with Gasteiger partial charge in [0, 0.05) is 49.5 Å². The number of amides is 2. The van der Waals surface area contributed by atoms with E-state index in [0.717, 1.165) is 5.69 Å². The molecule has 0 aliphatic carbocycles. The lowest BCUT2D eigenvalue weighted by Crippen LogP contribution is -2.48. The van der Waals surface area contributed by atoms with Gasteiger partial charge in [0.25, 0.3) is 5.91 Å². The zero-order valence-electron chi connectivity index (χ0n) is 26.3. The average molecular weight is 649 g/mol. The molecule has 1 atom stereocenters. The molecular formula is C36H37FN8O3. The summed E-state index contributed by atoms with van der Waals surface area (Å²) in [6.07, 6.45) is 0.862. The molecule has 4 aromatic carbocycles. The number of nitrogens with two attached hydrogens (primary N) is 3. The highest BCUT2D eigenvalue weighted by atomic mass is 19.1. The second kappa shape index (κ2) is 14.2. The summed E-state index contributed by atoms with van der Waals surface area (Å²) >= 11 is 0. The summed E-state index contributed by atoms with van der Waals surface area (Å²) in [5, 5.41) is 0. The number of para-hydroxylation sites is 1. The van der Waals surface area contributed by atoms with Crippen LogP contribution < -0.4 is 26.8 Å². The fourth-order valence-electron chi connectivity index (χ4n) is 5.99. The Morgan fingerprint density at radius 1 is 0.854 bits per heavy atom. The Morgan fingerprint density at radius 3 is 2.33 bits per heavy atom. The summed E-state index contributed by atoms with van der Waals surface area (Å²) in [5.74, 6) is 0.791. The van der Waals surface area contributed by atoms with Crippen LogP contribution in [0.3, 0.4) is 0 Å². The molecule has 48 heavy (non-hydrogen) atoms. The van der Waals surface area contributed by atoms with Crippen molar-refractivity contribution in [3.05, 3.63) is 108 Å². The number of aliphatic imine (C=N–C) groups is 1. The third-order valence-corrected chi connectivity index (χ3v) is 8.32. The summed E-state index contributed by atoms with van der Waals surface area (Å²) in [6.45, 7) is 2.47. The highest BCUT2D eigenvalue weighted by Crippen LogP contribution is 2.34. The molecule has 0 saturated carbocycles. The Morgan fingerprint density at radius 2 is 1.60 bits per heavy atom. The Labute approximate surface area is 277 Å². The number of hydrogen-bond donors (Lipinski definition) is 3. The number of primary amides is 1. The SMILES string of the molecule is NC(=O)C(CCCN=C(N)N)n1c(-c2cccc(Oc3ccccc3)c2)nc2cc(C(=O)N3CCN(c4cccc(F)c4)CC3)ccc21. The first kappa shape index (κ1) is 32.0. The molecule has 1 fully saturated rings. The molecule has 2 heterocycles. The van der Waals surface area contributed by atoms with Crippen molar-refractivity contribution in [2.24, 2.45) is 22.2 Å². The topological polar surface area (TPSA) is 158 Å². The van der Waals surface area contributed by atoms with Crippen LogP contribution in [0.4, 0.5) is 10.1 Å². The molecule has 5 aromatic rings. The van der Waals surface area contributed by atoms with Gasteiger partial charge in [0.1, 0.15) is 29.2 Å². The van der Waals surface area contributed by atoms with E-state index in [9.17, 15) is 14.0 Å². The van der Waals surface area contributed by atoms with Crippen LogP contribution >= 0.6 is 0 Å². The molecular weight excluding hydrogens is 611 g/mol. The monoisotopic (exact) mass is 648 g/mol. The highest BCUT2D eigenvalue weighted by Gasteiger charge is 2.27.